The van der Waals surface area contributed by atoms with Crippen LogP contribution in [0.4, 0.5) is 0 Å². The highest BCUT2D eigenvalue weighted by Gasteiger charge is 2.39. The molecular formula is C13H22N2O. The number of allylic oxidation sites excluding steroid dienone is 1. The minimum absolute atomic E-state index is 0.0891. The average Bonchev–Trinajstić information content (AvgIpc) is 2.56. The molecule has 16 heavy (non-hydrogen) atoms. The standard InChI is InChI=1S/C13H22N2O/c1-9-5-10-7-15(8-11(10)14-9)12(16)6-13(2,3)4/h10-11,14H,1,5-8H2,2-4H3. The number of rotatable bonds is 1. The zero-order valence-electron chi connectivity index (χ0n) is 10.5. The molecule has 0 spiro atoms. The molecule has 2 rings (SSSR count). The van der Waals surface area contributed by atoms with Crippen LogP contribution in [0.25, 0.3) is 0 Å². The van der Waals surface area contributed by atoms with E-state index in [1.165, 1.54) is 0 Å². The lowest BCUT2D eigenvalue weighted by Crippen LogP contribution is -2.35. The fourth-order valence-electron chi connectivity index (χ4n) is 2.65. The summed E-state index contributed by atoms with van der Waals surface area (Å²) in [4.78, 5) is 14.1. The van der Waals surface area contributed by atoms with Crippen LogP contribution in [0.5, 0.6) is 0 Å². The lowest BCUT2D eigenvalue weighted by atomic mass is 9.91. The van der Waals surface area contributed by atoms with E-state index in [9.17, 15) is 4.79 Å². The quantitative estimate of drug-likeness (QED) is 0.733. The Bertz CT molecular complexity index is 300. The number of hydrogen-bond acceptors (Lipinski definition) is 2. The van der Waals surface area contributed by atoms with Crippen molar-refractivity contribution in [1.82, 2.24) is 10.2 Å². The monoisotopic (exact) mass is 222 g/mol. The summed E-state index contributed by atoms with van der Waals surface area (Å²) in [7, 11) is 0. The van der Waals surface area contributed by atoms with Gasteiger partial charge in [-0.15, -0.1) is 0 Å². The smallest absolute Gasteiger partial charge is 0.223 e. The molecule has 0 aliphatic carbocycles. The van der Waals surface area contributed by atoms with Gasteiger partial charge >= 0.3 is 0 Å². The van der Waals surface area contributed by atoms with Crippen molar-refractivity contribution in [3.63, 3.8) is 0 Å². The molecule has 0 bridgehead atoms. The zero-order valence-corrected chi connectivity index (χ0v) is 10.5. The van der Waals surface area contributed by atoms with Crippen LogP contribution in [0.15, 0.2) is 12.3 Å². The number of hydrogen-bond donors (Lipinski definition) is 1. The molecule has 2 fully saturated rings. The third-order valence-corrected chi connectivity index (χ3v) is 3.37. The molecule has 1 N–H and O–H groups in total. The Morgan fingerprint density at radius 2 is 2.19 bits per heavy atom. The van der Waals surface area contributed by atoms with E-state index in [0.717, 1.165) is 25.2 Å². The molecule has 0 radical (unpaired) electrons. The van der Waals surface area contributed by atoms with Gasteiger partial charge < -0.3 is 10.2 Å². The Hall–Kier alpha value is -0.990. The number of amides is 1. The molecule has 0 aromatic carbocycles. The largest absolute Gasteiger partial charge is 0.384 e. The highest BCUT2D eigenvalue weighted by molar-refractivity contribution is 5.77. The van der Waals surface area contributed by atoms with Gasteiger partial charge in [-0.05, 0) is 11.8 Å². The fourth-order valence-corrected chi connectivity index (χ4v) is 2.65. The minimum atomic E-state index is 0.0891. The second kappa shape index (κ2) is 3.79. The van der Waals surface area contributed by atoms with Crippen LogP contribution in [0.1, 0.15) is 33.6 Å². The van der Waals surface area contributed by atoms with E-state index < -0.39 is 0 Å². The molecule has 2 atom stereocenters. The molecule has 0 aromatic heterocycles. The summed E-state index contributed by atoms with van der Waals surface area (Å²) in [5.74, 6) is 0.894. The highest BCUT2D eigenvalue weighted by Crippen LogP contribution is 2.30. The van der Waals surface area contributed by atoms with Gasteiger partial charge in [0.05, 0.1) is 0 Å². The van der Waals surface area contributed by atoms with Crippen molar-refractivity contribution in [2.45, 2.75) is 39.7 Å². The summed E-state index contributed by atoms with van der Waals surface area (Å²) in [6.07, 6.45) is 1.68. The predicted octanol–water partition coefficient (Wildman–Crippen LogP) is 1.76. The summed E-state index contributed by atoms with van der Waals surface area (Å²) >= 11 is 0. The second-order valence-corrected chi connectivity index (χ2v) is 6.35. The third kappa shape index (κ3) is 2.39. The topological polar surface area (TPSA) is 32.3 Å². The highest BCUT2D eigenvalue weighted by atomic mass is 16.2. The zero-order chi connectivity index (χ0) is 11.9. The molecule has 2 aliphatic rings. The van der Waals surface area contributed by atoms with Crippen LogP contribution in [-0.2, 0) is 4.79 Å². The van der Waals surface area contributed by atoms with Gasteiger partial charge in [-0.3, -0.25) is 4.79 Å². The lowest BCUT2D eigenvalue weighted by molar-refractivity contribution is -0.132. The lowest BCUT2D eigenvalue weighted by Gasteiger charge is -2.23. The van der Waals surface area contributed by atoms with Gasteiger partial charge in [0.1, 0.15) is 0 Å². The normalized spacial score (nSPS) is 29.2. The van der Waals surface area contributed by atoms with Crippen LogP contribution in [0, 0.1) is 11.3 Å². The Labute approximate surface area is 97.9 Å². The van der Waals surface area contributed by atoms with Crippen LogP contribution in [0.3, 0.4) is 0 Å². The molecule has 3 heteroatoms. The first kappa shape index (κ1) is 11.5. The van der Waals surface area contributed by atoms with Gasteiger partial charge in [0.25, 0.3) is 0 Å². The summed E-state index contributed by atoms with van der Waals surface area (Å²) < 4.78 is 0. The maximum Gasteiger partial charge on any atom is 0.223 e. The van der Waals surface area contributed by atoms with E-state index in [0.29, 0.717) is 24.3 Å². The SMILES string of the molecule is C=C1CC2CN(C(=O)CC(C)(C)C)CC2N1. The van der Waals surface area contributed by atoms with E-state index in [1.807, 2.05) is 4.90 Å². The van der Waals surface area contributed by atoms with Gasteiger partial charge in [-0.1, -0.05) is 27.4 Å². The summed E-state index contributed by atoms with van der Waals surface area (Å²) in [5.41, 5.74) is 1.23. The number of carbonyl (C=O) groups excluding carboxylic acids is 1. The van der Waals surface area contributed by atoms with Crippen molar-refractivity contribution in [3.8, 4) is 0 Å². The first-order valence-electron chi connectivity index (χ1n) is 6.07. The molecule has 1 amide bonds. The van der Waals surface area contributed by atoms with Gasteiger partial charge in [0.2, 0.25) is 5.91 Å². The molecule has 3 nitrogen and oxygen atoms in total. The first-order valence-corrected chi connectivity index (χ1v) is 6.07. The molecule has 90 valence electrons. The van der Waals surface area contributed by atoms with Crippen molar-refractivity contribution < 1.29 is 4.79 Å². The minimum Gasteiger partial charge on any atom is -0.384 e. The van der Waals surface area contributed by atoms with E-state index in [1.54, 1.807) is 0 Å². The van der Waals surface area contributed by atoms with Crippen molar-refractivity contribution in [2.75, 3.05) is 13.1 Å². The molecule has 2 unspecified atom stereocenters. The summed E-state index contributed by atoms with van der Waals surface area (Å²) in [6.45, 7) is 12.1. The Kier molecular flexibility index (Phi) is 2.72. The fraction of sp³-hybridized carbons (Fsp3) is 0.769. The average molecular weight is 222 g/mol. The Balaban J connectivity index is 1.90. The molecular weight excluding hydrogens is 200 g/mol. The van der Waals surface area contributed by atoms with Gasteiger partial charge in [-0.2, -0.15) is 0 Å². The molecule has 0 aromatic rings. The van der Waals surface area contributed by atoms with Crippen molar-refractivity contribution in [1.29, 1.82) is 0 Å². The van der Waals surface area contributed by atoms with E-state index in [-0.39, 0.29) is 5.41 Å². The van der Waals surface area contributed by atoms with Gasteiger partial charge in [0.15, 0.2) is 0 Å². The van der Waals surface area contributed by atoms with Crippen LogP contribution in [-0.4, -0.2) is 29.9 Å². The van der Waals surface area contributed by atoms with E-state index >= 15 is 0 Å². The molecule has 0 saturated carbocycles. The summed E-state index contributed by atoms with van der Waals surface area (Å²) in [6, 6.07) is 0.455. The number of nitrogens with zero attached hydrogens (tertiary/aromatic N) is 1. The van der Waals surface area contributed by atoms with Crippen LogP contribution >= 0.6 is 0 Å². The van der Waals surface area contributed by atoms with E-state index in [4.69, 9.17) is 0 Å². The van der Waals surface area contributed by atoms with Crippen LogP contribution < -0.4 is 5.32 Å². The number of likely N-dealkylation sites (tertiary alicyclic amines) is 1. The maximum atomic E-state index is 12.0. The molecule has 2 heterocycles. The van der Waals surface area contributed by atoms with E-state index in [2.05, 4.69) is 32.7 Å². The van der Waals surface area contributed by atoms with Crippen molar-refractivity contribution >= 4 is 5.91 Å². The summed E-state index contributed by atoms with van der Waals surface area (Å²) in [5, 5.41) is 3.38. The molecule has 2 aliphatic heterocycles. The molecule has 2 saturated heterocycles. The third-order valence-electron chi connectivity index (χ3n) is 3.37. The van der Waals surface area contributed by atoms with Crippen molar-refractivity contribution in [3.05, 3.63) is 12.3 Å². The Morgan fingerprint density at radius 1 is 1.50 bits per heavy atom. The second-order valence-electron chi connectivity index (χ2n) is 6.35. The van der Waals surface area contributed by atoms with Crippen LogP contribution in [0.2, 0.25) is 0 Å². The van der Waals surface area contributed by atoms with Gasteiger partial charge in [-0.25, -0.2) is 0 Å². The number of carbonyl (C=O) groups is 1. The first-order chi connectivity index (χ1) is 7.35. The number of nitrogens with one attached hydrogen (secondary N) is 1. The maximum absolute atomic E-state index is 12.0. The Morgan fingerprint density at radius 3 is 2.75 bits per heavy atom. The van der Waals surface area contributed by atoms with Gasteiger partial charge in [0, 0.05) is 37.2 Å². The predicted molar refractivity (Wildman–Crippen MR) is 64.8 cm³/mol. The van der Waals surface area contributed by atoms with Crippen molar-refractivity contribution in [2.24, 2.45) is 11.3 Å². The number of fused-ring (bicyclic) bond motifs is 1.